The third-order valence-corrected chi connectivity index (χ3v) is 3.73. The monoisotopic (exact) mass is 275 g/mol. The molecule has 110 valence electrons. The van der Waals surface area contributed by atoms with Crippen molar-refractivity contribution in [3.63, 3.8) is 0 Å². The van der Waals surface area contributed by atoms with Gasteiger partial charge in [0, 0.05) is 31.0 Å². The smallest absolute Gasteiger partial charge is 0.319 e. The summed E-state index contributed by atoms with van der Waals surface area (Å²) in [5.74, 6) is 0. The van der Waals surface area contributed by atoms with E-state index in [0.717, 1.165) is 30.8 Å². The highest BCUT2D eigenvalue weighted by Crippen LogP contribution is 2.25. The van der Waals surface area contributed by atoms with Crippen LogP contribution in [0.5, 0.6) is 0 Å². The molecule has 0 aliphatic carbocycles. The van der Waals surface area contributed by atoms with Crippen LogP contribution in [0, 0.1) is 6.92 Å². The normalized spacial score (nSPS) is 15.0. The number of benzene rings is 1. The molecular formula is C16H25N3O. The highest BCUT2D eigenvalue weighted by molar-refractivity contribution is 5.90. The van der Waals surface area contributed by atoms with Crippen molar-refractivity contribution in [1.29, 1.82) is 0 Å². The van der Waals surface area contributed by atoms with E-state index in [9.17, 15) is 4.79 Å². The van der Waals surface area contributed by atoms with Crippen LogP contribution >= 0.6 is 0 Å². The van der Waals surface area contributed by atoms with Gasteiger partial charge in [-0.25, -0.2) is 4.79 Å². The third kappa shape index (κ3) is 3.89. The van der Waals surface area contributed by atoms with Gasteiger partial charge in [-0.3, -0.25) is 0 Å². The number of nitrogens with zero attached hydrogens (tertiary/aromatic N) is 1. The molecule has 1 aromatic carbocycles. The summed E-state index contributed by atoms with van der Waals surface area (Å²) in [6, 6.07) is 6.20. The van der Waals surface area contributed by atoms with Crippen LogP contribution in [0.1, 0.15) is 38.2 Å². The Morgan fingerprint density at radius 3 is 2.70 bits per heavy atom. The lowest BCUT2D eigenvalue weighted by Crippen LogP contribution is -2.31. The van der Waals surface area contributed by atoms with Gasteiger partial charge in [-0.15, -0.1) is 0 Å². The van der Waals surface area contributed by atoms with Gasteiger partial charge >= 0.3 is 6.03 Å². The summed E-state index contributed by atoms with van der Waals surface area (Å²) in [4.78, 5) is 14.2. The largest absolute Gasteiger partial charge is 0.371 e. The van der Waals surface area contributed by atoms with Crippen LogP contribution in [0.3, 0.4) is 0 Å². The minimum Gasteiger partial charge on any atom is -0.371 e. The van der Waals surface area contributed by atoms with E-state index >= 15 is 0 Å². The number of piperidine rings is 1. The van der Waals surface area contributed by atoms with Gasteiger partial charge < -0.3 is 15.5 Å². The minimum absolute atomic E-state index is 0.120. The quantitative estimate of drug-likeness (QED) is 0.883. The van der Waals surface area contributed by atoms with Crippen molar-refractivity contribution in [3.05, 3.63) is 23.8 Å². The van der Waals surface area contributed by atoms with Gasteiger partial charge in [0.05, 0.1) is 0 Å². The maximum atomic E-state index is 11.8. The molecule has 2 N–H and O–H groups in total. The Bertz CT molecular complexity index is 453. The first-order valence-corrected chi connectivity index (χ1v) is 7.61. The molecular weight excluding hydrogens is 250 g/mol. The molecule has 0 aromatic heterocycles. The molecule has 1 fully saturated rings. The molecule has 4 heteroatoms. The fraction of sp³-hybridized carbons (Fsp3) is 0.562. The lowest BCUT2D eigenvalue weighted by molar-refractivity contribution is 0.252. The van der Waals surface area contributed by atoms with Gasteiger partial charge in [0.1, 0.15) is 0 Å². The highest BCUT2D eigenvalue weighted by Gasteiger charge is 2.12. The molecule has 0 atom stereocenters. The molecule has 1 aliphatic heterocycles. The number of carbonyl (C=O) groups is 1. The number of nitrogens with one attached hydrogen (secondary N) is 2. The molecule has 1 heterocycles. The Labute approximate surface area is 121 Å². The number of amides is 2. The summed E-state index contributed by atoms with van der Waals surface area (Å²) in [7, 11) is 0. The van der Waals surface area contributed by atoms with Crippen molar-refractivity contribution >= 4 is 17.4 Å². The van der Waals surface area contributed by atoms with Crippen molar-refractivity contribution in [2.45, 2.75) is 39.5 Å². The molecule has 0 bridgehead atoms. The van der Waals surface area contributed by atoms with Crippen molar-refractivity contribution in [2.24, 2.45) is 0 Å². The Kier molecular flexibility index (Phi) is 5.27. The first-order valence-electron chi connectivity index (χ1n) is 7.61. The zero-order valence-corrected chi connectivity index (χ0v) is 12.5. The minimum atomic E-state index is -0.120. The van der Waals surface area contributed by atoms with Crippen molar-refractivity contribution in [2.75, 3.05) is 29.9 Å². The molecule has 2 rings (SSSR count). The Morgan fingerprint density at radius 1 is 1.25 bits per heavy atom. The van der Waals surface area contributed by atoms with E-state index in [-0.39, 0.29) is 6.03 Å². The SMILES string of the molecule is CCCNC(=O)Nc1cc(N2CCCCC2)ccc1C. The van der Waals surface area contributed by atoms with Crippen molar-refractivity contribution in [3.8, 4) is 0 Å². The Hall–Kier alpha value is -1.71. The van der Waals surface area contributed by atoms with Gasteiger partial charge in [0.25, 0.3) is 0 Å². The van der Waals surface area contributed by atoms with Crippen molar-refractivity contribution < 1.29 is 4.79 Å². The van der Waals surface area contributed by atoms with Crippen molar-refractivity contribution in [1.82, 2.24) is 5.32 Å². The van der Waals surface area contributed by atoms with Crippen LogP contribution < -0.4 is 15.5 Å². The zero-order valence-electron chi connectivity index (χ0n) is 12.5. The van der Waals surface area contributed by atoms with Crippen LogP contribution in [0.2, 0.25) is 0 Å². The van der Waals surface area contributed by atoms with Crippen LogP contribution in [0.4, 0.5) is 16.2 Å². The maximum Gasteiger partial charge on any atom is 0.319 e. The fourth-order valence-electron chi connectivity index (χ4n) is 2.50. The summed E-state index contributed by atoms with van der Waals surface area (Å²) in [5.41, 5.74) is 3.21. The summed E-state index contributed by atoms with van der Waals surface area (Å²) in [6.45, 7) is 7.00. The fourth-order valence-corrected chi connectivity index (χ4v) is 2.50. The second-order valence-electron chi connectivity index (χ2n) is 5.43. The number of anilines is 2. The van der Waals surface area contributed by atoms with Gasteiger partial charge in [0.2, 0.25) is 0 Å². The predicted octanol–water partition coefficient (Wildman–Crippen LogP) is 3.52. The topological polar surface area (TPSA) is 44.4 Å². The summed E-state index contributed by atoms with van der Waals surface area (Å²) in [6.07, 6.45) is 4.79. The van der Waals surface area contributed by atoms with Gasteiger partial charge in [-0.05, 0) is 50.3 Å². The van der Waals surface area contributed by atoms with Crippen LogP contribution in [-0.4, -0.2) is 25.7 Å². The number of carbonyl (C=O) groups excluding carboxylic acids is 1. The molecule has 2 amide bonds. The Balaban J connectivity index is 2.05. The molecule has 1 aromatic rings. The van der Waals surface area contributed by atoms with Crippen LogP contribution in [0.25, 0.3) is 0 Å². The second kappa shape index (κ2) is 7.17. The zero-order chi connectivity index (χ0) is 14.4. The van der Waals surface area contributed by atoms with E-state index in [1.807, 2.05) is 13.8 Å². The first kappa shape index (κ1) is 14.7. The van der Waals surface area contributed by atoms with E-state index in [1.165, 1.54) is 24.9 Å². The third-order valence-electron chi connectivity index (χ3n) is 3.73. The van der Waals surface area contributed by atoms with E-state index in [2.05, 4.69) is 33.7 Å². The number of rotatable bonds is 4. The van der Waals surface area contributed by atoms with Gasteiger partial charge in [-0.1, -0.05) is 13.0 Å². The van der Waals surface area contributed by atoms with E-state index < -0.39 is 0 Å². The summed E-state index contributed by atoms with van der Waals surface area (Å²) in [5, 5.41) is 5.79. The number of hydrogen-bond acceptors (Lipinski definition) is 2. The van der Waals surface area contributed by atoms with E-state index in [4.69, 9.17) is 0 Å². The number of urea groups is 1. The lowest BCUT2D eigenvalue weighted by atomic mass is 10.1. The van der Waals surface area contributed by atoms with Gasteiger partial charge in [0.15, 0.2) is 0 Å². The molecule has 0 radical (unpaired) electrons. The lowest BCUT2D eigenvalue weighted by Gasteiger charge is -2.29. The first-order chi connectivity index (χ1) is 9.70. The average Bonchev–Trinajstić information content (AvgIpc) is 2.48. The second-order valence-corrected chi connectivity index (χ2v) is 5.43. The molecule has 1 aliphatic rings. The molecule has 0 saturated carbocycles. The van der Waals surface area contributed by atoms with E-state index in [0.29, 0.717) is 6.54 Å². The molecule has 1 saturated heterocycles. The van der Waals surface area contributed by atoms with E-state index in [1.54, 1.807) is 0 Å². The molecule has 20 heavy (non-hydrogen) atoms. The molecule has 0 unspecified atom stereocenters. The van der Waals surface area contributed by atoms with Crippen LogP contribution in [-0.2, 0) is 0 Å². The maximum absolute atomic E-state index is 11.8. The predicted molar refractivity (Wildman–Crippen MR) is 84.6 cm³/mol. The van der Waals surface area contributed by atoms with Crippen LogP contribution in [0.15, 0.2) is 18.2 Å². The highest BCUT2D eigenvalue weighted by atomic mass is 16.2. The Morgan fingerprint density at radius 2 is 2.00 bits per heavy atom. The molecule has 4 nitrogen and oxygen atoms in total. The van der Waals surface area contributed by atoms with Gasteiger partial charge in [-0.2, -0.15) is 0 Å². The summed E-state index contributed by atoms with van der Waals surface area (Å²) >= 11 is 0. The molecule has 0 spiro atoms. The number of hydrogen-bond donors (Lipinski definition) is 2. The standard InChI is InChI=1S/C16H25N3O/c1-3-9-17-16(20)18-15-12-14(8-7-13(15)2)19-10-5-4-6-11-19/h7-8,12H,3-6,9-11H2,1-2H3,(H2,17,18,20). The summed E-state index contributed by atoms with van der Waals surface area (Å²) < 4.78 is 0. The average molecular weight is 275 g/mol. The number of aryl methyl sites for hydroxylation is 1.